The second-order valence-corrected chi connectivity index (χ2v) is 7.04. The van der Waals surface area contributed by atoms with Crippen LogP contribution >= 0.6 is 11.8 Å². The largest absolute Gasteiger partial charge is 0.351 e. The molecule has 0 fully saturated rings. The minimum atomic E-state index is -0.124. The van der Waals surface area contributed by atoms with Gasteiger partial charge in [-0.25, -0.2) is 0 Å². The van der Waals surface area contributed by atoms with Crippen LogP contribution in [0.3, 0.4) is 0 Å². The van der Waals surface area contributed by atoms with Gasteiger partial charge in [-0.15, -0.1) is 11.8 Å². The van der Waals surface area contributed by atoms with Crippen molar-refractivity contribution in [2.24, 2.45) is 0 Å². The van der Waals surface area contributed by atoms with Gasteiger partial charge in [-0.2, -0.15) is 0 Å². The first-order chi connectivity index (χ1) is 12.1. The van der Waals surface area contributed by atoms with Gasteiger partial charge in [0.2, 0.25) is 5.91 Å². The number of benzene rings is 2. The first-order valence-corrected chi connectivity index (χ1v) is 9.18. The van der Waals surface area contributed by atoms with Crippen molar-refractivity contribution >= 4 is 29.3 Å². The number of likely N-dealkylation sites (N-methyl/N-ethyl adjacent to an activating group) is 1. The molecule has 1 aliphatic heterocycles. The average molecular weight is 355 g/mol. The van der Waals surface area contributed by atoms with E-state index in [1.54, 1.807) is 12.1 Å². The Hall–Kier alpha value is -2.31. The fourth-order valence-electron chi connectivity index (χ4n) is 2.66. The highest BCUT2D eigenvalue weighted by atomic mass is 32.2. The van der Waals surface area contributed by atoms with E-state index in [1.807, 2.05) is 31.3 Å². The molecule has 6 heteroatoms. The SMILES string of the molecule is CN(CCNC(=O)c1ccc2c(c1)NC(=O)CS2)Cc1ccccc1. The number of hydrogen-bond donors (Lipinski definition) is 2. The van der Waals surface area contributed by atoms with Crippen LogP contribution in [0.2, 0.25) is 0 Å². The van der Waals surface area contributed by atoms with E-state index in [0.29, 0.717) is 17.9 Å². The van der Waals surface area contributed by atoms with Gasteiger partial charge in [0.05, 0.1) is 11.4 Å². The first-order valence-electron chi connectivity index (χ1n) is 8.19. The summed E-state index contributed by atoms with van der Waals surface area (Å²) >= 11 is 1.49. The highest BCUT2D eigenvalue weighted by molar-refractivity contribution is 8.00. The number of amides is 2. The van der Waals surface area contributed by atoms with E-state index < -0.39 is 0 Å². The smallest absolute Gasteiger partial charge is 0.251 e. The molecule has 2 aromatic carbocycles. The summed E-state index contributed by atoms with van der Waals surface area (Å²) in [5.74, 6) is 0.269. The Morgan fingerprint density at radius 3 is 2.84 bits per heavy atom. The van der Waals surface area contributed by atoms with Crippen LogP contribution < -0.4 is 10.6 Å². The highest BCUT2D eigenvalue weighted by Gasteiger charge is 2.17. The maximum absolute atomic E-state index is 12.3. The molecule has 130 valence electrons. The molecule has 2 N–H and O–H groups in total. The molecule has 2 amide bonds. The molecule has 1 aliphatic rings. The van der Waals surface area contributed by atoms with E-state index in [9.17, 15) is 9.59 Å². The summed E-state index contributed by atoms with van der Waals surface area (Å²) in [4.78, 5) is 26.9. The molecule has 0 aromatic heterocycles. The van der Waals surface area contributed by atoms with Gasteiger partial charge in [0.25, 0.3) is 5.91 Å². The molecule has 0 radical (unpaired) electrons. The van der Waals surface area contributed by atoms with E-state index in [4.69, 9.17) is 0 Å². The molecule has 0 bridgehead atoms. The molecule has 0 aliphatic carbocycles. The summed E-state index contributed by atoms with van der Waals surface area (Å²) in [6.45, 7) is 2.18. The third-order valence-electron chi connectivity index (χ3n) is 3.95. The molecule has 3 rings (SSSR count). The van der Waals surface area contributed by atoms with Gasteiger partial charge in [0, 0.05) is 30.1 Å². The molecule has 5 nitrogen and oxygen atoms in total. The maximum Gasteiger partial charge on any atom is 0.251 e. The van der Waals surface area contributed by atoms with Crippen LogP contribution in [0, 0.1) is 0 Å². The number of nitrogens with one attached hydrogen (secondary N) is 2. The van der Waals surface area contributed by atoms with Crippen molar-refractivity contribution in [2.45, 2.75) is 11.4 Å². The lowest BCUT2D eigenvalue weighted by Crippen LogP contribution is -2.32. The molecule has 0 atom stereocenters. The quantitative estimate of drug-likeness (QED) is 0.836. The second-order valence-electron chi connectivity index (χ2n) is 6.03. The fourth-order valence-corrected chi connectivity index (χ4v) is 3.45. The molecular weight excluding hydrogens is 334 g/mol. The van der Waals surface area contributed by atoms with Crippen molar-refractivity contribution in [1.29, 1.82) is 0 Å². The molecule has 1 heterocycles. The Morgan fingerprint density at radius 2 is 2.04 bits per heavy atom. The Labute approximate surface area is 151 Å². The molecule has 25 heavy (non-hydrogen) atoms. The molecule has 0 saturated carbocycles. The van der Waals surface area contributed by atoms with Gasteiger partial charge in [0.1, 0.15) is 0 Å². The lowest BCUT2D eigenvalue weighted by molar-refractivity contribution is -0.113. The highest BCUT2D eigenvalue weighted by Crippen LogP contribution is 2.31. The van der Waals surface area contributed by atoms with Crippen molar-refractivity contribution < 1.29 is 9.59 Å². The summed E-state index contributed by atoms with van der Waals surface area (Å²) in [5.41, 5.74) is 2.53. The van der Waals surface area contributed by atoms with E-state index >= 15 is 0 Å². The Balaban J connectivity index is 1.49. The van der Waals surface area contributed by atoms with Gasteiger partial charge >= 0.3 is 0 Å². The number of carbonyl (C=O) groups is 2. The number of carbonyl (C=O) groups excluding carboxylic acids is 2. The topological polar surface area (TPSA) is 61.4 Å². The number of fused-ring (bicyclic) bond motifs is 1. The lowest BCUT2D eigenvalue weighted by atomic mass is 10.2. The predicted octanol–water partition coefficient (Wildman–Crippen LogP) is 2.59. The predicted molar refractivity (Wildman–Crippen MR) is 101 cm³/mol. The second kappa shape index (κ2) is 8.18. The third-order valence-corrected chi connectivity index (χ3v) is 5.02. The van der Waals surface area contributed by atoms with E-state index in [-0.39, 0.29) is 11.8 Å². The number of rotatable bonds is 6. The van der Waals surface area contributed by atoms with Crippen molar-refractivity contribution in [3.8, 4) is 0 Å². The minimum Gasteiger partial charge on any atom is -0.351 e. The Morgan fingerprint density at radius 1 is 1.24 bits per heavy atom. The number of nitrogens with zero attached hydrogens (tertiary/aromatic N) is 1. The first kappa shape index (κ1) is 17.5. The average Bonchev–Trinajstić information content (AvgIpc) is 2.61. The lowest BCUT2D eigenvalue weighted by Gasteiger charge is -2.18. The monoisotopic (exact) mass is 355 g/mol. The van der Waals surface area contributed by atoms with Gasteiger partial charge in [0.15, 0.2) is 0 Å². The van der Waals surface area contributed by atoms with Crippen molar-refractivity contribution in [3.63, 3.8) is 0 Å². The van der Waals surface area contributed by atoms with Crippen LogP contribution in [-0.2, 0) is 11.3 Å². The molecular formula is C19H21N3O2S. The normalized spacial score (nSPS) is 13.3. The fraction of sp³-hybridized carbons (Fsp3) is 0.263. The summed E-state index contributed by atoms with van der Waals surface area (Å²) in [6.07, 6.45) is 0. The third kappa shape index (κ3) is 4.84. The molecule has 0 unspecified atom stereocenters. The number of anilines is 1. The number of thioether (sulfide) groups is 1. The standard InChI is InChI=1S/C19H21N3O2S/c1-22(12-14-5-3-2-4-6-14)10-9-20-19(24)15-7-8-17-16(11-15)21-18(23)13-25-17/h2-8,11H,9-10,12-13H2,1H3,(H,20,24)(H,21,23). The van der Waals surface area contributed by atoms with Crippen molar-refractivity contribution in [3.05, 3.63) is 59.7 Å². The van der Waals surface area contributed by atoms with Crippen LogP contribution in [0.4, 0.5) is 5.69 Å². The molecule has 0 spiro atoms. The van der Waals surface area contributed by atoms with Gasteiger partial charge in [-0.05, 0) is 30.8 Å². The van der Waals surface area contributed by atoms with E-state index in [2.05, 4.69) is 27.7 Å². The van der Waals surface area contributed by atoms with Gasteiger partial charge in [-0.3, -0.25) is 9.59 Å². The zero-order valence-electron chi connectivity index (χ0n) is 14.1. The van der Waals surface area contributed by atoms with Crippen molar-refractivity contribution in [1.82, 2.24) is 10.2 Å². The molecule has 0 saturated heterocycles. The molecule has 2 aromatic rings. The number of hydrogen-bond acceptors (Lipinski definition) is 4. The van der Waals surface area contributed by atoms with E-state index in [0.717, 1.165) is 23.7 Å². The minimum absolute atomic E-state index is 0.0300. The summed E-state index contributed by atoms with van der Waals surface area (Å²) < 4.78 is 0. The van der Waals surface area contributed by atoms with Crippen LogP contribution in [-0.4, -0.2) is 42.6 Å². The van der Waals surface area contributed by atoms with E-state index in [1.165, 1.54) is 17.3 Å². The summed E-state index contributed by atoms with van der Waals surface area (Å²) in [5, 5.41) is 5.74. The van der Waals surface area contributed by atoms with Crippen LogP contribution in [0.25, 0.3) is 0 Å². The Bertz CT molecular complexity index is 765. The summed E-state index contributed by atoms with van der Waals surface area (Å²) in [6, 6.07) is 15.7. The van der Waals surface area contributed by atoms with Gasteiger partial charge < -0.3 is 15.5 Å². The summed E-state index contributed by atoms with van der Waals surface area (Å²) in [7, 11) is 2.03. The van der Waals surface area contributed by atoms with Crippen LogP contribution in [0.1, 0.15) is 15.9 Å². The zero-order chi connectivity index (χ0) is 17.6. The van der Waals surface area contributed by atoms with Crippen molar-refractivity contribution in [2.75, 3.05) is 31.2 Å². The maximum atomic E-state index is 12.3. The Kier molecular flexibility index (Phi) is 5.73. The van der Waals surface area contributed by atoms with Gasteiger partial charge in [-0.1, -0.05) is 30.3 Å². The van der Waals surface area contributed by atoms with Crippen LogP contribution in [0.5, 0.6) is 0 Å². The zero-order valence-corrected chi connectivity index (χ0v) is 14.9. The van der Waals surface area contributed by atoms with Crippen LogP contribution in [0.15, 0.2) is 53.4 Å².